The molecule has 7 heteroatoms. The predicted octanol–water partition coefficient (Wildman–Crippen LogP) is 5.91. The zero-order valence-electron chi connectivity index (χ0n) is 20.0. The first-order valence-corrected chi connectivity index (χ1v) is 11.2. The number of hydrogen-bond donors (Lipinski definition) is 1. The largest absolute Gasteiger partial charge is 0.493 e. The standard InChI is InChI=1S/C28H29F2NO4/c1-19-9-12-23(13-10-19)24(18-35-28(29)30)27(32)31-20(2)15-22-11-14-25(26(16-22)33-3)34-17-21-7-5-4-6-8-21/h4-14,16,18,20,28H,15,17H2,1-3H3,(H,31,32). The van der Waals surface area contributed by atoms with E-state index in [0.717, 1.165) is 23.0 Å². The predicted molar refractivity (Wildman–Crippen MR) is 131 cm³/mol. The molecular weight excluding hydrogens is 452 g/mol. The summed E-state index contributed by atoms with van der Waals surface area (Å²) < 4.78 is 41.0. The van der Waals surface area contributed by atoms with Crippen LogP contribution in [0.4, 0.5) is 8.78 Å². The molecule has 0 radical (unpaired) electrons. The van der Waals surface area contributed by atoms with Crippen molar-refractivity contribution in [2.24, 2.45) is 0 Å². The molecule has 1 unspecified atom stereocenters. The average Bonchev–Trinajstić information content (AvgIpc) is 2.84. The third-order valence-electron chi connectivity index (χ3n) is 5.28. The zero-order valence-corrected chi connectivity index (χ0v) is 20.0. The van der Waals surface area contributed by atoms with Gasteiger partial charge in [0, 0.05) is 6.04 Å². The minimum absolute atomic E-state index is 0.0272. The van der Waals surface area contributed by atoms with Gasteiger partial charge < -0.3 is 19.5 Å². The van der Waals surface area contributed by atoms with Gasteiger partial charge >= 0.3 is 6.61 Å². The molecule has 0 aliphatic carbocycles. The highest BCUT2D eigenvalue weighted by Crippen LogP contribution is 2.29. The van der Waals surface area contributed by atoms with Crippen LogP contribution < -0.4 is 14.8 Å². The van der Waals surface area contributed by atoms with Crippen molar-refractivity contribution >= 4 is 11.5 Å². The Morgan fingerprint density at radius 3 is 2.34 bits per heavy atom. The molecule has 3 aromatic rings. The van der Waals surface area contributed by atoms with Crippen LogP contribution in [0.5, 0.6) is 11.5 Å². The van der Waals surface area contributed by atoms with E-state index in [1.54, 1.807) is 31.4 Å². The first-order chi connectivity index (χ1) is 16.9. The molecule has 1 N–H and O–H groups in total. The highest BCUT2D eigenvalue weighted by atomic mass is 19.3. The van der Waals surface area contributed by atoms with Crippen molar-refractivity contribution in [1.29, 1.82) is 0 Å². The lowest BCUT2D eigenvalue weighted by atomic mass is 10.0. The third-order valence-corrected chi connectivity index (χ3v) is 5.28. The molecule has 0 fully saturated rings. The van der Waals surface area contributed by atoms with Crippen molar-refractivity contribution < 1.29 is 27.8 Å². The van der Waals surface area contributed by atoms with Crippen LogP contribution >= 0.6 is 0 Å². The zero-order chi connectivity index (χ0) is 25.2. The van der Waals surface area contributed by atoms with Crippen LogP contribution in [0.1, 0.15) is 29.2 Å². The fourth-order valence-electron chi connectivity index (χ4n) is 3.50. The number of nitrogens with one attached hydrogen (secondary N) is 1. The number of rotatable bonds is 11. The third kappa shape index (κ3) is 7.84. The van der Waals surface area contributed by atoms with E-state index in [9.17, 15) is 13.6 Å². The number of halogens is 2. The molecular formula is C28H29F2NO4. The summed E-state index contributed by atoms with van der Waals surface area (Å²) in [5.74, 6) is 0.699. The van der Waals surface area contributed by atoms with E-state index in [-0.39, 0.29) is 11.6 Å². The Bertz CT molecular complexity index is 1130. The van der Waals surface area contributed by atoms with Gasteiger partial charge in [-0.1, -0.05) is 66.2 Å². The molecule has 35 heavy (non-hydrogen) atoms. The van der Waals surface area contributed by atoms with E-state index < -0.39 is 12.5 Å². The van der Waals surface area contributed by atoms with Crippen molar-refractivity contribution in [2.45, 2.75) is 39.5 Å². The summed E-state index contributed by atoms with van der Waals surface area (Å²) in [6, 6.07) is 22.1. The van der Waals surface area contributed by atoms with Crippen molar-refractivity contribution in [2.75, 3.05) is 7.11 Å². The Hall–Kier alpha value is -3.87. The number of hydrogen-bond acceptors (Lipinski definition) is 4. The molecule has 3 rings (SSSR count). The van der Waals surface area contributed by atoms with Gasteiger partial charge in [0.2, 0.25) is 0 Å². The minimum Gasteiger partial charge on any atom is -0.493 e. The summed E-state index contributed by atoms with van der Waals surface area (Å²) in [5.41, 5.74) is 3.47. The maximum Gasteiger partial charge on any atom is 0.386 e. The molecule has 0 heterocycles. The SMILES string of the molecule is COc1cc(CC(C)NC(=O)C(=COC(F)F)c2ccc(C)cc2)ccc1OCc1ccccc1. The van der Waals surface area contributed by atoms with Gasteiger partial charge in [0.15, 0.2) is 11.5 Å². The molecule has 1 atom stereocenters. The summed E-state index contributed by atoms with van der Waals surface area (Å²) in [5, 5.41) is 2.86. The van der Waals surface area contributed by atoms with Crippen LogP contribution in [-0.2, 0) is 22.6 Å². The molecule has 3 aromatic carbocycles. The van der Waals surface area contributed by atoms with Crippen LogP contribution in [0.25, 0.3) is 5.57 Å². The van der Waals surface area contributed by atoms with E-state index in [4.69, 9.17) is 9.47 Å². The molecule has 0 saturated carbocycles. The number of ether oxygens (including phenoxy) is 3. The van der Waals surface area contributed by atoms with Gasteiger partial charge in [-0.15, -0.1) is 0 Å². The number of amides is 1. The fourth-order valence-corrected chi connectivity index (χ4v) is 3.50. The van der Waals surface area contributed by atoms with Crippen LogP contribution in [-0.4, -0.2) is 25.7 Å². The van der Waals surface area contributed by atoms with Crippen molar-refractivity contribution in [3.05, 3.63) is 101 Å². The topological polar surface area (TPSA) is 56.8 Å². The fraction of sp³-hybridized carbons (Fsp3) is 0.250. The number of alkyl halides is 2. The smallest absolute Gasteiger partial charge is 0.386 e. The summed E-state index contributed by atoms with van der Waals surface area (Å²) in [6.07, 6.45) is 1.30. The summed E-state index contributed by atoms with van der Waals surface area (Å²) in [7, 11) is 1.57. The molecule has 0 spiro atoms. The van der Waals surface area contributed by atoms with Crippen LogP contribution in [0.2, 0.25) is 0 Å². The van der Waals surface area contributed by atoms with E-state index in [1.165, 1.54) is 0 Å². The number of methoxy groups -OCH3 is 1. The number of benzene rings is 3. The van der Waals surface area contributed by atoms with Crippen molar-refractivity contribution in [3.8, 4) is 11.5 Å². The number of aryl methyl sites for hydroxylation is 1. The molecule has 0 bridgehead atoms. The highest BCUT2D eigenvalue weighted by molar-refractivity contribution is 6.19. The Balaban J connectivity index is 1.66. The van der Waals surface area contributed by atoms with E-state index in [0.29, 0.717) is 30.1 Å². The van der Waals surface area contributed by atoms with Gasteiger partial charge in [0.25, 0.3) is 5.91 Å². The second kappa shape index (κ2) is 12.6. The van der Waals surface area contributed by atoms with Crippen molar-refractivity contribution in [1.82, 2.24) is 5.32 Å². The minimum atomic E-state index is -3.02. The lowest BCUT2D eigenvalue weighted by molar-refractivity contribution is -0.116. The van der Waals surface area contributed by atoms with Gasteiger partial charge in [-0.25, -0.2) is 0 Å². The molecule has 0 aliphatic heterocycles. The van der Waals surface area contributed by atoms with E-state index >= 15 is 0 Å². The van der Waals surface area contributed by atoms with Gasteiger partial charge in [-0.2, -0.15) is 8.78 Å². The normalized spacial score (nSPS) is 12.2. The van der Waals surface area contributed by atoms with Gasteiger partial charge in [0.1, 0.15) is 12.9 Å². The lowest BCUT2D eigenvalue weighted by Gasteiger charge is -2.17. The maximum atomic E-state index is 12.9. The molecule has 184 valence electrons. The highest BCUT2D eigenvalue weighted by Gasteiger charge is 2.17. The molecule has 0 aliphatic rings. The number of carbonyl (C=O) groups excluding carboxylic acids is 1. The van der Waals surface area contributed by atoms with Gasteiger partial charge in [-0.05, 0) is 49.1 Å². The van der Waals surface area contributed by atoms with E-state index in [2.05, 4.69) is 10.1 Å². The lowest BCUT2D eigenvalue weighted by Crippen LogP contribution is -2.34. The first kappa shape index (κ1) is 25.7. The monoisotopic (exact) mass is 481 g/mol. The van der Waals surface area contributed by atoms with Gasteiger partial charge in [0.05, 0.1) is 12.7 Å². The van der Waals surface area contributed by atoms with E-state index in [1.807, 2.05) is 62.4 Å². The Labute approximate surface area is 204 Å². The summed E-state index contributed by atoms with van der Waals surface area (Å²) in [4.78, 5) is 12.9. The van der Waals surface area contributed by atoms with Crippen LogP contribution in [0, 0.1) is 6.92 Å². The maximum absolute atomic E-state index is 12.9. The second-order valence-corrected chi connectivity index (χ2v) is 8.13. The van der Waals surface area contributed by atoms with Gasteiger partial charge in [-0.3, -0.25) is 4.79 Å². The summed E-state index contributed by atoms with van der Waals surface area (Å²) >= 11 is 0. The molecule has 0 saturated heterocycles. The summed E-state index contributed by atoms with van der Waals surface area (Å²) in [6.45, 7) is 1.13. The van der Waals surface area contributed by atoms with Crippen molar-refractivity contribution in [3.63, 3.8) is 0 Å². The van der Waals surface area contributed by atoms with Crippen LogP contribution in [0.3, 0.4) is 0 Å². The Kier molecular flexibility index (Phi) is 9.23. The average molecular weight is 482 g/mol. The molecule has 5 nitrogen and oxygen atoms in total. The van der Waals surface area contributed by atoms with Crippen LogP contribution in [0.15, 0.2) is 79.1 Å². The Morgan fingerprint density at radius 2 is 1.69 bits per heavy atom. The quantitative estimate of drug-likeness (QED) is 0.273. The first-order valence-electron chi connectivity index (χ1n) is 11.2. The number of carbonyl (C=O) groups is 1. The molecule has 1 amide bonds. The second-order valence-electron chi connectivity index (χ2n) is 8.13. The Morgan fingerprint density at radius 1 is 0.971 bits per heavy atom. The molecule has 0 aromatic heterocycles.